The van der Waals surface area contributed by atoms with Crippen LogP contribution < -0.4 is 24.8 Å². The van der Waals surface area contributed by atoms with Gasteiger partial charge in [0.2, 0.25) is 5.88 Å². The number of nitrogens with one attached hydrogen (secondary N) is 1. The van der Waals surface area contributed by atoms with Gasteiger partial charge in [0.25, 0.3) is 5.91 Å². The molecule has 1 N–H and O–H groups in total. The summed E-state index contributed by atoms with van der Waals surface area (Å²) in [5.41, 5.74) is 7.44. The molecule has 1 fully saturated rings. The smallest absolute Gasteiger partial charge is 0.273 e. The van der Waals surface area contributed by atoms with Gasteiger partial charge >= 0.3 is 0 Å². The predicted molar refractivity (Wildman–Crippen MR) is 144 cm³/mol. The number of carbonyl (C=O) groups excluding carboxylic acids is 1. The number of aromatic nitrogens is 3. The summed E-state index contributed by atoms with van der Waals surface area (Å²) in [7, 11) is 0. The van der Waals surface area contributed by atoms with Crippen molar-refractivity contribution < 1.29 is 19.0 Å². The molecule has 2 aromatic heterocycles. The molecule has 0 radical (unpaired) electrons. The molecule has 6 rings (SSSR count). The van der Waals surface area contributed by atoms with Gasteiger partial charge in [0.05, 0.1) is 66.9 Å². The van der Waals surface area contributed by atoms with Gasteiger partial charge in [-0.15, -0.1) is 0 Å². The molecule has 4 heterocycles. The largest absolute Gasteiger partial charge is 0.489 e. The van der Waals surface area contributed by atoms with Gasteiger partial charge in [-0.25, -0.2) is 4.98 Å². The molecule has 1 saturated heterocycles. The van der Waals surface area contributed by atoms with Crippen LogP contribution in [0.25, 0.3) is 22.2 Å². The zero-order chi connectivity index (χ0) is 25.9. The van der Waals surface area contributed by atoms with Crippen molar-refractivity contribution in [1.29, 1.82) is 0 Å². The monoisotopic (exact) mass is 512 g/mol. The molecule has 10 nitrogen and oxygen atoms in total. The molecule has 4 aromatic rings. The van der Waals surface area contributed by atoms with E-state index >= 15 is 0 Å². The Balaban J connectivity index is 1.43. The summed E-state index contributed by atoms with van der Waals surface area (Å²) >= 11 is 0. The number of pyridine rings is 1. The van der Waals surface area contributed by atoms with Gasteiger partial charge in [-0.1, -0.05) is 30.3 Å². The molecule has 0 spiro atoms. The molecule has 2 aliphatic heterocycles. The quantitative estimate of drug-likeness (QED) is 0.416. The molecule has 1 amide bonds. The maximum atomic E-state index is 13.8. The molecular formula is C28H28N6O4. The second kappa shape index (κ2) is 10.5. The highest BCUT2D eigenvalue weighted by molar-refractivity contribution is 6.10. The van der Waals surface area contributed by atoms with E-state index in [0.29, 0.717) is 63.2 Å². The maximum Gasteiger partial charge on any atom is 0.273 e. The van der Waals surface area contributed by atoms with E-state index in [1.54, 1.807) is 18.6 Å². The van der Waals surface area contributed by atoms with E-state index in [1.807, 2.05) is 54.4 Å². The number of amides is 1. The van der Waals surface area contributed by atoms with E-state index in [4.69, 9.17) is 19.2 Å². The summed E-state index contributed by atoms with van der Waals surface area (Å²) in [6, 6.07) is 13.6. The summed E-state index contributed by atoms with van der Waals surface area (Å²) in [6.07, 6.45) is 4.94. The van der Waals surface area contributed by atoms with E-state index in [-0.39, 0.29) is 5.91 Å². The minimum atomic E-state index is -0.235. The van der Waals surface area contributed by atoms with Gasteiger partial charge in [0.15, 0.2) is 0 Å². The highest BCUT2D eigenvalue weighted by Crippen LogP contribution is 2.36. The minimum absolute atomic E-state index is 0.235. The standard InChI is InChI=1S/C28H28N6O4/c1-2-37-25-18-29-17-22(31-25)19-6-5-7-20-26(19)30-16-21(27(20)33-10-13-36-14-11-33)28(35)32-34-12-15-38-24-9-4-3-8-23(24)34/h3-9,16-18H,2,10-15H2,1H3,(H,32,35). The fourth-order valence-electron chi connectivity index (χ4n) is 4.87. The van der Waals surface area contributed by atoms with E-state index in [2.05, 4.69) is 20.3 Å². The molecule has 0 bridgehead atoms. The van der Waals surface area contributed by atoms with Gasteiger partial charge in [0.1, 0.15) is 12.4 Å². The van der Waals surface area contributed by atoms with Crippen LogP contribution in [0.4, 0.5) is 11.4 Å². The number of hydrogen-bond donors (Lipinski definition) is 1. The molecule has 38 heavy (non-hydrogen) atoms. The molecule has 0 aliphatic carbocycles. The Morgan fingerprint density at radius 2 is 1.89 bits per heavy atom. The molecule has 2 aliphatic rings. The molecular weight excluding hydrogens is 484 g/mol. The lowest BCUT2D eigenvalue weighted by Crippen LogP contribution is -2.47. The third-order valence-corrected chi connectivity index (χ3v) is 6.59. The summed E-state index contributed by atoms with van der Waals surface area (Å²) in [6.45, 7) is 5.94. The maximum absolute atomic E-state index is 13.8. The number of nitrogens with zero attached hydrogens (tertiary/aromatic N) is 5. The fraction of sp³-hybridized carbons (Fsp3) is 0.286. The van der Waals surface area contributed by atoms with E-state index in [1.165, 1.54) is 0 Å². The van der Waals surface area contributed by atoms with E-state index < -0.39 is 0 Å². The van der Waals surface area contributed by atoms with Crippen molar-refractivity contribution in [1.82, 2.24) is 20.4 Å². The molecule has 0 atom stereocenters. The van der Waals surface area contributed by atoms with Gasteiger partial charge in [0, 0.05) is 30.2 Å². The summed E-state index contributed by atoms with van der Waals surface area (Å²) in [4.78, 5) is 29.7. The van der Waals surface area contributed by atoms with Gasteiger partial charge < -0.3 is 19.1 Å². The number of benzene rings is 2. The van der Waals surface area contributed by atoms with Crippen molar-refractivity contribution in [3.8, 4) is 22.9 Å². The fourth-order valence-corrected chi connectivity index (χ4v) is 4.87. The number of anilines is 2. The van der Waals surface area contributed by atoms with Crippen LogP contribution in [0.15, 0.2) is 61.1 Å². The average molecular weight is 513 g/mol. The summed E-state index contributed by atoms with van der Waals surface area (Å²) in [5.74, 6) is 0.961. The Labute approximate surface area is 220 Å². The first-order valence-corrected chi connectivity index (χ1v) is 12.7. The number of morpholine rings is 1. The Hall–Kier alpha value is -4.44. The third-order valence-electron chi connectivity index (χ3n) is 6.59. The van der Waals surface area contributed by atoms with E-state index in [0.717, 1.165) is 33.6 Å². The number of rotatable bonds is 6. The van der Waals surface area contributed by atoms with Crippen LogP contribution in [0.1, 0.15) is 17.3 Å². The Morgan fingerprint density at radius 1 is 1.03 bits per heavy atom. The van der Waals surface area contributed by atoms with Crippen molar-refractivity contribution in [2.45, 2.75) is 6.92 Å². The second-order valence-electron chi connectivity index (χ2n) is 8.91. The number of ether oxygens (including phenoxy) is 3. The van der Waals surface area contributed by atoms with Crippen molar-refractivity contribution in [2.75, 3.05) is 56.0 Å². The zero-order valence-electron chi connectivity index (χ0n) is 21.1. The zero-order valence-corrected chi connectivity index (χ0v) is 21.1. The number of carbonyl (C=O) groups is 1. The topological polar surface area (TPSA) is 102 Å². The lowest BCUT2D eigenvalue weighted by Gasteiger charge is -2.33. The molecule has 194 valence electrons. The van der Waals surface area contributed by atoms with Crippen molar-refractivity contribution >= 4 is 28.2 Å². The Bertz CT molecular complexity index is 1470. The second-order valence-corrected chi connectivity index (χ2v) is 8.91. The predicted octanol–water partition coefficient (Wildman–Crippen LogP) is 3.47. The number of para-hydroxylation sites is 3. The van der Waals surface area contributed by atoms with Gasteiger partial charge in [-0.2, -0.15) is 0 Å². The van der Waals surface area contributed by atoms with Crippen LogP contribution in [0.5, 0.6) is 11.6 Å². The van der Waals surface area contributed by atoms with Crippen LogP contribution in [-0.4, -0.2) is 66.9 Å². The number of hydrogen-bond acceptors (Lipinski definition) is 9. The summed E-state index contributed by atoms with van der Waals surface area (Å²) < 4.78 is 16.9. The first-order valence-electron chi connectivity index (χ1n) is 12.7. The molecule has 2 aromatic carbocycles. The molecule has 0 unspecified atom stereocenters. The third kappa shape index (κ3) is 4.54. The highest BCUT2D eigenvalue weighted by atomic mass is 16.5. The Kier molecular flexibility index (Phi) is 6.62. The normalized spacial score (nSPS) is 15.1. The van der Waals surface area contributed by atoms with Gasteiger partial charge in [-0.3, -0.25) is 25.2 Å². The first-order chi connectivity index (χ1) is 18.7. The number of hydrazine groups is 1. The first kappa shape index (κ1) is 23.9. The molecule has 0 saturated carbocycles. The molecule has 10 heteroatoms. The van der Waals surface area contributed by atoms with Crippen molar-refractivity contribution in [3.63, 3.8) is 0 Å². The lowest BCUT2D eigenvalue weighted by atomic mass is 10.0. The SMILES string of the molecule is CCOc1cncc(-c2cccc3c(N4CCOCC4)c(C(=O)NN4CCOc5ccccc54)cnc23)n1. The lowest BCUT2D eigenvalue weighted by molar-refractivity contribution is 0.0943. The summed E-state index contributed by atoms with van der Waals surface area (Å²) in [5, 5.41) is 2.70. The Morgan fingerprint density at radius 3 is 2.76 bits per heavy atom. The average Bonchev–Trinajstić information content (AvgIpc) is 2.97. The highest BCUT2D eigenvalue weighted by Gasteiger charge is 2.26. The minimum Gasteiger partial charge on any atom is -0.489 e. The van der Waals surface area contributed by atoms with Crippen LogP contribution in [0, 0.1) is 0 Å². The van der Waals surface area contributed by atoms with Crippen LogP contribution in [0.2, 0.25) is 0 Å². The number of fused-ring (bicyclic) bond motifs is 2. The van der Waals surface area contributed by atoms with Crippen molar-refractivity contribution in [3.05, 3.63) is 66.6 Å². The van der Waals surface area contributed by atoms with Crippen LogP contribution in [-0.2, 0) is 4.74 Å². The van der Waals surface area contributed by atoms with Crippen molar-refractivity contribution in [2.24, 2.45) is 0 Å². The van der Waals surface area contributed by atoms with Crippen LogP contribution >= 0.6 is 0 Å². The van der Waals surface area contributed by atoms with Gasteiger partial charge in [-0.05, 0) is 19.1 Å². The van der Waals surface area contributed by atoms with Crippen LogP contribution in [0.3, 0.4) is 0 Å². The van der Waals surface area contributed by atoms with E-state index in [9.17, 15) is 4.79 Å².